The maximum absolute atomic E-state index is 11.9. The lowest BCUT2D eigenvalue weighted by molar-refractivity contribution is -0.158. The van der Waals surface area contributed by atoms with Crippen molar-refractivity contribution in [3.63, 3.8) is 0 Å². The van der Waals surface area contributed by atoms with E-state index in [1.807, 2.05) is 30.3 Å². The Kier molecular flexibility index (Phi) is 7.67. The van der Waals surface area contributed by atoms with Gasteiger partial charge in [0.1, 0.15) is 5.75 Å². The van der Waals surface area contributed by atoms with Crippen LogP contribution in [0, 0.1) is 0 Å². The molecule has 2 rings (SSSR count). The Morgan fingerprint density at radius 2 is 1.50 bits per heavy atom. The van der Waals surface area contributed by atoms with Gasteiger partial charge in [-0.05, 0) is 70.0 Å². The van der Waals surface area contributed by atoms with Gasteiger partial charge in [-0.1, -0.05) is 42.5 Å². The third-order valence-electron chi connectivity index (χ3n) is 4.09. The van der Waals surface area contributed by atoms with Crippen molar-refractivity contribution in [3.8, 4) is 5.75 Å². The zero-order valence-corrected chi connectivity index (χ0v) is 16.0. The quantitative estimate of drug-likeness (QED) is 0.520. The van der Waals surface area contributed by atoms with Crippen LogP contribution in [0.5, 0.6) is 5.75 Å². The fourth-order valence-corrected chi connectivity index (χ4v) is 2.60. The van der Waals surface area contributed by atoms with Crippen molar-refractivity contribution in [3.05, 3.63) is 65.7 Å². The van der Waals surface area contributed by atoms with Crippen LogP contribution in [0.4, 0.5) is 0 Å². The molecule has 0 aliphatic carbocycles. The van der Waals surface area contributed by atoms with Crippen molar-refractivity contribution in [1.29, 1.82) is 0 Å². The molecule has 0 atom stereocenters. The summed E-state index contributed by atoms with van der Waals surface area (Å²) >= 11 is 0. The second-order valence-corrected chi connectivity index (χ2v) is 6.71. The first-order chi connectivity index (χ1) is 12.5. The molecule has 4 nitrogen and oxygen atoms in total. The number of benzene rings is 2. The van der Waals surface area contributed by atoms with Crippen molar-refractivity contribution in [1.82, 2.24) is 5.32 Å². The van der Waals surface area contributed by atoms with Gasteiger partial charge in [-0.2, -0.15) is 0 Å². The highest BCUT2D eigenvalue weighted by atomic mass is 16.6. The molecule has 26 heavy (non-hydrogen) atoms. The first-order valence-electron chi connectivity index (χ1n) is 9.21. The predicted octanol–water partition coefficient (Wildman–Crippen LogP) is 3.78. The second kappa shape index (κ2) is 9.97. The van der Waals surface area contributed by atoms with E-state index in [2.05, 4.69) is 29.6 Å². The normalized spacial score (nSPS) is 11.2. The van der Waals surface area contributed by atoms with Crippen LogP contribution in [-0.4, -0.2) is 31.3 Å². The topological polar surface area (TPSA) is 47.6 Å². The minimum absolute atomic E-state index is 0.349. The Balaban J connectivity index is 1.72. The van der Waals surface area contributed by atoms with Crippen LogP contribution in [0.3, 0.4) is 0 Å². The molecule has 0 heterocycles. The van der Waals surface area contributed by atoms with Crippen LogP contribution in [-0.2, 0) is 22.4 Å². The molecular formula is C22H29NO3. The maximum Gasteiger partial charge on any atom is 0.349 e. The van der Waals surface area contributed by atoms with Crippen LogP contribution in [0.2, 0.25) is 0 Å². The molecule has 0 saturated heterocycles. The van der Waals surface area contributed by atoms with E-state index in [4.69, 9.17) is 9.47 Å². The molecule has 2 aromatic rings. The number of carbonyl (C=O) groups is 1. The summed E-state index contributed by atoms with van der Waals surface area (Å²) in [4.78, 5) is 11.9. The fourth-order valence-electron chi connectivity index (χ4n) is 2.60. The van der Waals surface area contributed by atoms with E-state index in [0.717, 1.165) is 25.9 Å². The highest BCUT2D eigenvalue weighted by Crippen LogP contribution is 2.20. The van der Waals surface area contributed by atoms with Gasteiger partial charge in [-0.3, -0.25) is 0 Å². The first-order valence-corrected chi connectivity index (χ1v) is 9.21. The molecule has 2 aromatic carbocycles. The number of esters is 1. The van der Waals surface area contributed by atoms with Gasteiger partial charge < -0.3 is 14.8 Å². The van der Waals surface area contributed by atoms with Gasteiger partial charge in [0.2, 0.25) is 0 Å². The smallest absolute Gasteiger partial charge is 0.349 e. The number of hydrogen-bond donors (Lipinski definition) is 1. The van der Waals surface area contributed by atoms with Crippen molar-refractivity contribution in [2.45, 2.75) is 39.2 Å². The molecular weight excluding hydrogens is 326 g/mol. The fraction of sp³-hybridized carbons (Fsp3) is 0.409. The van der Waals surface area contributed by atoms with Gasteiger partial charge in [-0.15, -0.1) is 0 Å². The van der Waals surface area contributed by atoms with Gasteiger partial charge >= 0.3 is 5.97 Å². The molecule has 0 fully saturated rings. The number of nitrogens with one attached hydrogen (secondary N) is 1. The van der Waals surface area contributed by atoms with Gasteiger partial charge in [0.25, 0.3) is 0 Å². The van der Waals surface area contributed by atoms with E-state index in [1.54, 1.807) is 20.8 Å². The Morgan fingerprint density at radius 3 is 2.08 bits per heavy atom. The zero-order valence-electron chi connectivity index (χ0n) is 16.0. The minimum atomic E-state index is -0.990. The highest BCUT2D eigenvalue weighted by Gasteiger charge is 2.31. The second-order valence-electron chi connectivity index (χ2n) is 6.71. The summed E-state index contributed by atoms with van der Waals surface area (Å²) in [6.07, 6.45) is 1.99. The molecule has 0 bridgehead atoms. The number of hydrogen-bond acceptors (Lipinski definition) is 4. The molecule has 0 spiro atoms. The van der Waals surface area contributed by atoms with Crippen LogP contribution in [0.15, 0.2) is 54.6 Å². The van der Waals surface area contributed by atoms with Gasteiger partial charge in [0.05, 0.1) is 6.61 Å². The van der Waals surface area contributed by atoms with Crippen LogP contribution in [0.1, 0.15) is 31.9 Å². The third-order valence-corrected chi connectivity index (χ3v) is 4.09. The molecule has 0 saturated carbocycles. The number of ether oxygens (including phenoxy) is 2. The van der Waals surface area contributed by atoms with Crippen molar-refractivity contribution < 1.29 is 14.3 Å². The predicted molar refractivity (Wildman–Crippen MR) is 105 cm³/mol. The molecule has 0 aliphatic rings. The van der Waals surface area contributed by atoms with E-state index in [1.165, 1.54) is 11.1 Å². The van der Waals surface area contributed by atoms with Crippen molar-refractivity contribution in [2.24, 2.45) is 0 Å². The van der Waals surface area contributed by atoms with E-state index in [0.29, 0.717) is 12.4 Å². The number of rotatable bonds is 10. The van der Waals surface area contributed by atoms with Crippen molar-refractivity contribution in [2.75, 3.05) is 19.7 Å². The number of carbonyl (C=O) groups excluding carboxylic acids is 1. The van der Waals surface area contributed by atoms with E-state index >= 15 is 0 Å². The summed E-state index contributed by atoms with van der Waals surface area (Å²) in [5, 5.41) is 3.47. The Hall–Kier alpha value is -2.33. The van der Waals surface area contributed by atoms with Crippen LogP contribution >= 0.6 is 0 Å². The first kappa shape index (κ1) is 20.0. The molecule has 0 aliphatic heterocycles. The largest absolute Gasteiger partial charge is 0.476 e. The van der Waals surface area contributed by atoms with Gasteiger partial charge in [0, 0.05) is 0 Å². The summed E-state index contributed by atoms with van der Waals surface area (Å²) in [6.45, 7) is 7.48. The molecule has 0 amide bonds. The third kappa shape index (κ3) is 6.52. The Bertz CT molecular complexity index is 666. The molecule has 0 radical (unpaired) electrons. The SMILES string of the molecule is CCOC(=O)C(C)(C)Oc1ccc(CCNCCc2ccccc2)cc1. The highest BCUT2D eigenvalue weighted by molar-refractivity contribution is 5.79. The summed E-state index contributed by atoms with van der Waals surface area (Å²) in [5.41, 5.74) is 1.60. The van der Waals surface area contributed by atoms with E-state index < -0.39 is 5.60 Å². The summed E-state index contributed by atoms with van der Waals surface area (Å²) in [6, 6.07) is 18.4. The van der Waals surface area contributed by atoms with E-state index in [-0.39, 0.29) is 5.97 Å². The maximum atomic E-state index is 11.9. The average molecular weight is 355 g/mol. The molecule has 1 N–H and O–H groups in total. The van der Waals surface area contributed by atoms with Crippen molar-refractivity contribution >= 4 is 5.97 Å². The van der Waals surface area contributed by atoms with E-state index in [9.17, 15) is 4.79 Å². The molecule has 0 unspecified atom stereocenters. The molecule has 140 valence electrons. The molecule has 4 heteroatoms. The lowest BCUT2D eigenvalue weighted by Gasteiger charge is -2.24. The molecule has 0 aromatic heterocycles. The van der Waals surface area contributed by atoms with Gasteiger partial charge in [-0.25, -0.2) is 4.79 Å². The Labute approximate surface area is 156 Å². The monoisotopic (exact) mass is 355 g/mol. The summed E-state index contributed by atoms with van der Waals surface area (Å²) < 4.78 is 10.8. The minimum Gasteiger partial charge on any atom is -0.476 e. The standard InChI is InChI=1S/C22H29NO3/c1-4-25-21(24)22(2,3)26-20-12-10-19(11-13-20)15-17-23-16-14-18-8-6-5-7-9-18/h5-13,23H,4,14-17H2,1-3H3. The average Bonchev–Trinajstić information content (AvgIpc) is 2.63. The zero-order chi connectivity index (χ0) is 18.8. The summed E-state index contributed by atoms with van der Waals surface area (Å²) in [5.74, 6) is 0.315. The lowest BCUT2D eigenvalue weighted by Crippen LogP contribution is -2.39. The Morgan fingerprint density at radius 1 is 0.923 bits per heavy atom. The van der Waals surface area contributed by atoms with Crippen LogP contribution < -0.4 is 10.1 Å². The van der Waals surface area contributed by atoms with Crippen LogP contribution in [0.25, 0.3) is 0 Å². The lowest BCUT2D eigenvalue weighted by atomic mass is 10.1. The van der Waals surface area contributed by atoms with Gasteiger partial charge in [0.15, 0.2) is 5.60 Å². The summed E-state index contributed by atoms with van der Waals surface area (Å²) in [7, 11) is 0.